The van der Waals surface area contributed by atoms with Crippen LogP contribution in [0.3, 0.4) is 0 Å². The van der Waals surface area contributed by atoms with E-state index in [0.717, 1.165) is 11.1 Å². The van der Waals surface area contributed by atoms with Crippen molar-refractivity contribution < 1.29 is 14.6 Å². The summed E-state index contributed by atoms with van der Waals surface area (Å²) >= 11 is 0. The highest BCUT2D eigenvalue weighted by atomic mass is 35.5. The number of hydrogen-bond donors (Lipinski definition) is 1. The van der Waals surface area contributed by atoms with Crippen molar-refractivity contribution in [2.75, 3.05) is 6.79 Å². The van der Waals surface area contributed by atoms with Crippen LogP contribution in [0.25, 0.3) is 0 Å². The molecular formula is C9H12ClNO3. The molecule has 0 fully saturated rings. The third-order valence-electron chi connectivity index (χ3n) is 2.10. The average Bonchev–Trinajstić information content (AvgIpc) is 2.36. The van der Waals surface area contributed by atoms with Gasteiger partial charge in [0, 0.05) is 17.3 Å². The fourth-order valence-corrected chi connectivity index (χ4v) is 1.32. The maximum Gasteiger partial charge on any atom is 0.147 e. The maximum atomic E-state index is 9.67. The summed E-state index contributed by atoms with van der Waals surface area (Å²) in [5, 5.41) is 9.67. The summed E-state index contributed by atoms with van der Waals surface area (Å²) in [5.74, 6) is 0.225. The van der Waals surface area contributed by atoms with E-state index in [0.29, 0.717) is 18.9 Å². The molecule has 0 atom stereocenters. The van der Waals surface area contributed by atoms with Gasteiger partial charge in [-0.1, -0.05) is 0 Å². The number of halogens is 1. The van der Waals surface area contributed by atoms with Gasteiger partial charge < -0.3 is 14.6 Å². The van der Waals surface area contributed by atoms with Crippen LogP contribution in [0.4, 0.5) is 0 Å². The first-order valence-electron chi connectivity index (χ1n) is 4.11. The molecule has 0 unspecified atom stereocenters. The van der Waals surface area contributed by atoms with E-state index in [-0.39, 0.29) is 24.9 Å². The normalized spacial score (nSPS) is 15.2. The molecule has 4 nitrogen and oxygen atoms in total. The number of aromatic hydroxyl groups is 1. The molecule has 0 saturated carbocycles. The van der Waals surface area contributed by atoms with E-state index in [4.69, 9.17) is 9.47 Å². The van der Waals surface area contributed by atoms with Gasteiger partial charge in [-0.15, -0.1) is 12.4 Å². The molecule has 0 saturated heterocycles. The van der Waals surface area contributed by atoms with Crippen LogP contribution >= 0.6 is 12.4 Å². The van der Waals surface area contributed by atoms with Crippen LogP contribution in [-0.2, 0) is 22.7 Å². The zero-order chi connectivity index (χ0) is 9.26. The third-order valence-corrected chi connectivity index (χ3v) is 2.10. The number of pyridine rings is 1. The first kappa shape index (κ1) is 11.2. The van der Waals surface area contributed by atoms with Gasteiger partial charge in [-0.25, -0.2) is 0 Å². The molecule has 14 heavy (non-hydrogen) atoms. The predicted molar refractivity (Wildman–Crippen MR) is 52.3 cm³/mol. The summed E-state index contributed by atoms with van der Waals surface area (Å²) in [6.07, 6.45) is 1.72. The molecule has 0 bridgehead atoms. The minimum atomic E-state index is 0. The quantitative estimate of drug-likeness (QED) is 0.716. The van der Waals surface area contributed by atoms with Crippen LogP contribution in [0, 0.1) is 6.92 Å². The SMILES string of the molecule is Cc1ncc2c(c1O)COCOC2.Cl. The highest BCUT2D eigenvalue weighted by Crippen LogP contribution is 2.26. The fourth-order valence-electron chi connectivity index (χ4n) is 1.32. The van der Waals surface area contributed by atoms with E-state index in [1.54, 1.807) is 13.1 Å². The highest BCUT2D eigenvalue weighted by Gasteiger charge is 2.14. The van der Waals surface area contributed by atoms with E-state index in [1.807, 2.05) is 0 Å². The van der Waals surface area contributed by atoms with E-state index in [9.17, 15) is 5.11 Å². The number of nitrogens with zero attached hydrogens (tertiary/aromatic N) is 1. The third kappa shape index (κ3) is 1.97. The topological polar surface area (TPSA) is 51.6 Å². The van der Waals surface area contributed by atoms with Gasteiger partial charge in [0.2, 0.25) is 0 Å². The Kier molecular flexibility index (Phi) is 3.69. The minimum absolute atomic E-state index is 0. The zero-order valence-corrected chi connectivity index (χ0v) is 8.63. The Morgan fingerprint density at radius 1 is 1.36 bits per heavy atom. The van der Waals surface area contributed by atoms with Crippen LogP contribution in [-0.4, -0.2) is 16.9 Å². The Morgan fingerprint density at radius 2 is 2.07 bits per heavy atom. The molecular weight excluding hydrogens is 206 g/mol. The van der Waals surface area contributed by atoms with Gasteiger partial charge in [-0.3, -0.25) is 4.98 Å². The molecule has 2 rings (SSSR count). The Labute approximate surface area is 88.3 Å². The van der Waals surface area contributed by atoms with Crippen molar-refractivity contribution in [3.05, 3.63) is 23.0 Å². The van der Waals surface area contributed by atoms with Crippen molar-refractivity contribution in [3.63, 3.8) is 0 Å². The number of aromatic nitrogens is 1. The Balaban J connectivity index is 0.000000980. The second-order valence-corrected chi connectivity index (χ2v) is 3.01. The number of ether oxygens (including phenoxy) is 2. The lowest BCUT2D eigenvalue weighted by molar-refractivity contribution is -0.0588. The van der Waals surface area contributed by atoms with E-state index >= 15 is 0 Å². The maximum absolute atomic E-state index is 9.67. The average molecular weight is 218 g/mol. The minimum Gasteiger partial charge on any atom is -0.506 e. The van der Waals surface area contributed by atoms with E-state index in [2.05, 4.69) is 4.98 Å². The summed E-state index contributed by atoms with van der Waals surface area (Å²) in [7, 11) is 0. The van der Waals surface area contributed by atoms with Gasteiger partial charge in [0.1, 0.15) is 12.5 Å². The Bertz CT molecular complexity index is 330. The molecule has 0 spiro atoms. The van der Waals surface area contributed by atoms with Crippen molar-refractivity contribution in [2.24, 2.45) is 0 Å². The second-order valence-electron chi connectivity index (χ2n) is 3.01. The standard InChI is InChI=1S/C9H11NO3.ClH/c1-6-9(11)8-4-13-5-12-3-7(8)2-10-6;/h2,11H,3-5H2,1H3;1H. The number of rotatable bonds is 0. The molecule has 2 heterocycles. The molecule has 1 aromatic heterocycles. The van der Waals surface area contributed by atoms with Crippen LogP contribution in [0.2, 0.25) is 0 Å². The van der Waals surface area contributed by atoms with Crippen molar-refractivity contribution in [2.45, 2.75) is 20.1 Å². The Morgan fingerprint density at radius 3 is 2.86 bits per heavy atom. The summed E-state index contributed by atoms with van der Waals surface area (Å²) in [6, 6.07) is 0. The first-order valence-corrected chi connectivity index (χ1v) is 4.11. The molecule has 1 aliphatic heterocycles. The Hall–Kier alpha value is -0.840. The number of aryl methyl sites for hydroxylation is 1. The van der Waals surface area contributed by atoms with Crippen LogP contribution < -0.4 is 0 Å². The van der Waals surface area contributed by atoms with Gasteiger partial charge in [-0.05, 0) is 6.92 Å². The summed E-state index contributed by atoms with van der Waals surface area (Å²) in [6.45, 7) is 2.88. The summed E-state index contributed by atoms with van der Waals surface area (Å²) in [5.41, 5.74) is 2.33. The molecule has 78 valence electrons. The van der Waals surface area contributed by atoms with E-state index in [1.165, 1.54) is 0 Å². The van der Waals surface area contributed by atoms with Crippen LogP contribution in [0.5, 0.6) is 5.75 Å². The number of fused-ring (bicyclic) bond motifs is 1. The van der Waals surface area contributed by atoms with Gasteiger partial charge >= 0.3 is 0 Å². The second kappa shape index (κ2) is 4.59. The summed E-state index contributed by atoms with van der Waals surface area (Å²) in [4.78, 5) is 4.05. The van der Waals surface area contributed by atoms with Crippen LogP contribution in [0.15, 0.2) is 6.20 Å². The molecule has 0 radical (unpaired) electrons. The lowest BCUT2D eigenvalue weighted by Crippen LogP contribution is -1.96. The van der Waals surface area contributed by atoms with Gasteiger partial charge in [-0.2, -0.15) is 0 Å². The molecule has 0 amide bonds. The first-order chi connectivity index (χ1) is 6.29. The lowest BCUT2D eigenvalue weighted by atomic mass is 10.1. The van der Waals surface area contributed by atoms with E-state index < -0.39 is 0 Å². The highest BCUT2D eigenvalue weighted by molar-refractivity contribution is 5.85. The zero-order valence-electron chi connectivity index (χ0n) is 7.82. The van der Waals surface area contributed by atoms with Crippen molar-refractivity contribution in [3.8, 4) is 5.75 Å². The molecule has 1 aliphatic rings. The monoisotopic (exact) mass is 217 g/mol. The summed E-state index contributed by atoms with van der Waals surface area (Å²) < 4.78 is 10.3. The number of hydrogen-bond acceptors (Lipinski definition) is 4. The molecule has 0 aliphatic carbocycles. The van der Waals surface area contributed by atoms with Gasteiger partial charge in [0.05, 0.1) is 18.9 Å². The van der Waals surface area contributed by atoms with Crippen LogP contribution in [0.1, 0.15) is 16.8 Å². The van der Waals surface area contributed by atoms with Crippen molar-refractivity contribution in [1.82, 2.24) is 4.98 Å². The van der Waals surface area contributed by atoms with Gasteiger partial charge in [0.25, 0.3) is 0 Å². The molecule has 5 heteroatoms. The molecule has 0 aromatic carbocycles. The fraction of sp³-hybridized carbons (Fsp3) is 0.444. The lowest BCUT2D eigenvalue weighted by Gasteiger charge is -2.07. The van der Waals surface area contributed by atoms with Crippen molar-refractivity contribution in [1.29, 1.82) is 0 Å². The van der Waals surface area contributed by atoms with Crippen molar-refractivity contribution >= 4 is 12.4 Å². The smallest absolute Gasteiger partial charge is 0.147 e. The molecule has 1 N–H and O–H groups in total. The largest absolute Gasteiger partial charge is 0.506 e. The predicted octanol–water partition coefficient (Wildman–Crippen LogP) is 1.52. The molecule has 1 aromatic rings. The van der Waals surface area contributed by atoms with Gasteiger partial charge in [0.15, 0.2) is 0 Å².